The fraction of sp³-hybridized carbons (Fsp3) is 0.500. The molecule has 0 saturated carbocycles. The summed E-state index contributed by atoms with van der Waals surface area (Å²) in [4.78, 5) is 0. The predicted octanol–water partition coefficient (Wildman–Crippen LogP) is 2.75. The summed E-state index contributed by atoms with van der Waals surface area (Å²) in [5.41, 5.74) is 0.360. The van der Waals surface area contributed by atoms with E-state index < -0.39 is 0 Å². The third-order valence-corrected chi connectivity index (χ3v) is 2.33. The molecule has 0 aromatic heterocycles. The van der Waals surface area contributed by atoms with Gasteiger partial charge in [0.25, 0.3) is 0 Å². The van der Waals surface area contributed by atoms with E-state index in [1.165, 1.54) is 12.1 Å². The van der Waals surface area contributed by atoms with Crippen molar-refractivity contribution in [3.63, 3.8) is 0 Å². The van der Waals surface area contributed by atoms with Gasteiger partial charge in [-0.25, -0.2) is 8.78 Å². The Bertz CT molecular complexity index is 334. The minimum atomic E-state index is -0.383. The standard InChI is InChI=1S/C12H17F2N/c1-12(2,8-15-3)7-9-6-10(13)4-5-11(9)14/h4-6,15H,7-8H2,1-3H3. The number of hydrogen-bond acceptors (Lipinski definition) is 1. The molecule has 0 saturated heterocycles. The molecule has 1 nitrogen and oxygen atoms in total. The Hall–Kier alpha value is -0.960. The van der Waals surface area contributed by atoms with Crippen LogP contribution in [0.2, 0.25) is 0 Å². The number of hydrogen-bond donors (Lipinski definition) is 1. The van der Waals surface area contributed by atoms with Gasteiger partial charge in [0.1, 0.15) is 11.6 Å². The van der Waals surface area contributed by atoms with Crippen LogP contribution < -0.4 is 5.32 Å². The Kier molecular flexibility index (Phi) is 3.80. The summed E-state index contributed by atoms with van der Waals surface area (Å²) in [6.45, 7) is 4.81. The molecular weight excluding hydrogens is 196 g/mol. The molecular formula is C12H17F2N. The topological polar surface area (TPSA) is 12.0 Å². The zero-order valence-corrected chi connectivity index (χ0v) is 9.40. The molecule has 0 spiro atoms. The van der Waals surface area contributed by atoms with Gasteiger partial charge >= 0.3 is 0 Å². The van der Waals surface area contributed by atoms with Crippen LogP contribution in [0.25, 0.3) is 0 Å². The molecule has 0 heterocycles. The van der Waals surface area contributed by atoms with Crippen molar-refractivity contribution in [2.75, 3.05) is 13.6 Å². The van der Waals surface area contributed by atoms with Crippen LogP contribution in [-0.2, 0) is 6.42 Å². The van der Waals surface area contributed by atoms with E-state index in [1.807, 2.05) is 20.9 Å². The van der Waals surface area contributed by atoms with Crippen molar-refractivity contribution in [2.45, 2.75) is 20.3 Å². The molecule has 0 fully saturated rings. The number of rotatable bonds is 4. The molecule has 3 heteroatoms. The van der Waals surface area contributed by atoms with Crippen LogP contribution in [0.1, 0.15) is 19.4 Å². The quantitative estimate of drug-likeness (QED) is 0.811. The molecule has 0 atom stereocenters. The summed E-state index contributed by atoms with van der Waals surface area (Å²) in [6, 6.07) is 3.59. The van der Waals surface area contributed by atoms with Crippen molar-refractivity contribution >= 4 is 0 Å². The van der Waals surface area contributed by atoms with Gasteiger partial charge in [-0.2, -0.15) is 0 Å². The van der Waals surface area contributed by atoms with E-state index in [9.17, 15) is 8.78 Å². The number of benzene rings is 1. The van der Waals surface area contributed by atoms with E-state index in [1.54, 1.807) is 0 Å². The molecule has 0 bridgehead atoms. The molecule has 1 aromatic carbocycles. The Morgan fingerprint density at radius 2 is 1.93 bits per heavy atom. The fourth-order valence-electron chi connectivity index (χ4n) is 1.74. The maximum Gasteiger partial charge on any atom is 0.126 e. The summed E-state index contributed by atoms with van der Waals surface area (Å²) >= 11 is 0. The van der Waals surface area contributed by atoms with Gasteiger partial charge in [0.05, 0.1) is 0 Å². The van der Waals surface area contributed by atoms with Gasteiger partial charge in [-0.1, -0.05) is 13.8 Å². The summed E-state index contributed by atoms with van der Waals surface area (Å²) < 4.78 is 26.3. The van der Waals surface area contributed by atoms with E-state index in [2.05, 4.69) is 5.32 Å². The first-order valence-electron chi connectivity index (χ1n) is 5.03. The van der Waals surface area contributed by atoms with E-state index in [4.69, 9.17) is 0 Å². The smallest absolute Gasteiger partial charge is 0.126 e. The minimum absolute atomic E-state index is 0.0800. The Labute approximate surface area is 89.5 Å². The molecule has 0 aliphatic rings. The third-order valence-electron chi connectivity index (χ3n) is 2.33. The molecule has 1 aromatic rings. The lowest BCUT2D eigenvalue weighted by atomic mass is 9.85. The van der Waals surface area contributed by atoms with Crippen LogP contribution in [0, 0.1) is 17.0 Å². The lowest BCUT2D eigenvalue weighted by Crippen LogP contribution is -2.29. The van der Waals surface area contributed by atoms with E-state index in [-0.39, 0.29) is 17.0 Å². The van der Waals surface area contributed by atoms with E-state index in [0.29, 0.717) is 12.0 Å². The van der Waals surface area contributed by atoms with Crippen LogP contribution in [-0.4, -0.2) is 13.6 Å². The maximum absolute atomic E-state index is 13.4. The van der Waals surface area contributed by atoms with E-state index >= 15 is 0 Å². The van der Waals surface area contributed by atoms with Gasteiger partial charge in [-0.15, -0.1) is 0 Å². The molecule has 15 heavy (non-hydrogen) atoms. The molecule has 0 radical (unpaired) electrons. The van der Waals surface area contributed by atoms with Crippen LogP contribution in [0.5, 0.6) is 0 Å². The van der Waals surface area contributed by atoms with E-state index in [0.717, 1.165) is 12.6 Å². The van der Waals surface area contributed by atoms with Crippen LogP contribution in [0.4, 0.5) is 8.78 Å². The van der Waals surface area contributed by atoms with Crippen molar-refractivity contribution < 1.29 is 8.78 Å². The molecule has 1 rings (SSSR count). The second-order valence-corrected chi connectivity index (χ2v) is 4.61. The predicted molar refractivity (Wildman–Crippen MR) is 57.8 cm³/mol. The summed E-state index contributed by atoms with van der Waals surface area (Å²) in [5.74, 6) is -0.716. The second kappa shape index (κ2) is 4.71. The van der Waals surface area contributed by atoms with Crippen LogP contribution in [0.15, 0.2) is 18.2 Å². The third kappa shape index (κ3) is 3.59. The Morgan fingerprint density at radius 3 is 2.53 bits per heavy atom. The SMILES string of the molecule is CNCC(C)(C)Cc1cc(F)ccc1F. The lowest BCUT2D eigenvalue weighted by Gasteiger charge is -2.24. The van der Waals surface area contributed by atoms with Crippen molar-refractivity contribution in [2.24, 2.45) is 5.41 Å². The molecule has 0 aliphatic carbocycles. The number of halogens is 2. The Morgan fingerprint density at radius 1 is 1.27 bits per heavy atom. The van der Waals surface area contributed by atoms with Gasteiger partial charge in [-0.05, 0) is 42.6 Å². The minimum Gasteiger partial charge on any atom is -0.319 e. The number of nitrogens with one attached hydrogen (secondary N) is 1. The highest BCUT2D eigenvalue weighted by Gasteiger charge is 2.19. The highest BCUT2D eigenvalue weighted by atomic mass is 19.1. The van der Waals surface area contributed by atoms with Gasteiger partial charge in [0.15, 0.2) is 0 Å². The van der Waals surface area contributed by atoms with Crippen LogP contribution >= 0.6 is 0 Å². The first-order chi connectivity index (χ1) is 6.94. The highest BCUT2D eigenvalue weighted by Crippen LogP contribution is 2.23. The average Bonchev–Trinajstić information content (AvgIpc) is 2.10. The molecule has 84 valence electrons. The van der Waals surface area contributed by atoms with Crippen molar-refractivity contribution in [1.29, 1.82) is 0 Å². The molecule has 0 unspecified atom stereocenters. The fourth-order valence-corrected chi connectivity index (χ4v) is 1.74. The van der Waals surface area contributed by atoms with Gasteiger partial charge in [-0.3, -0.25) is 0 Å². The first kappa shape index (κ1) is 12.1. The van der Waals surface area contributed by atoms with Gasteiger partial charge < -0.3 is 5.32 Å². The highest BCUT2D eigenvalue weighted by molar-refractivity contribution is 5.20. The zero-order valence-electron chi connectivity index (χ0n) is 9.40. The average molecular weight is 213 g/mol. The molecule has 0 aliphatic heterocycles. The van der Waals surface area contributed by atoms with Gasteiger partial charge in [0.2, 0.25) is 0 Å². The van der Waals surface area contributed by atoms with Crippen molar-refractivity contribution in [3.05, 3.63) is 35.4 Å². The summed E-state index contributed by atoms with van der Waals surface area (Å²) in [6.07, 6.45) is 0.525. The first-order valence-corrected chi connectivity index (χ1v) is 5.03. The van der Waals surface area contributed by atoms with Crippen molar-refractivity contribution in [1.82, 2.24) is 5.32 Å². The molecule has 1 N–H and O–H groups in total. The second-order valence-electron chi connectivity index (χ2n) is 4.61. The summed E-state index contributed by atoms with van der Waals surface area (Å²) in [5, 5.41) is 3.05. The monoisotopic (exact) mass is 213 g/mol. The largest absolute Gasteiger partial charge is 0.319 e. The molecule has 0 amide bonds. The normalized spacial score (nSPS) is 11.8. The Balaban J connectivity index is 2.83. The van der Waals surface area contributed by atoms with Crippen molar-refractivity contribution in [3.8, 4) is 0 Å². The lowest BCUT2D eigenvalue weighted by molar-refractivity contribution is 0.344. The van der Waals surface area contributed by atoms with Crippen LogP contribution in [0.3, 0.4) is 0 Å². The maximum atomic E-state index is 13.4. The zero-order chi connectivity index (χ0) is 11.5. The van der Waals surface area contributed by atoms with Gasteiger partial charge in [0, 0.05) is 6.54 Å². The summed E-state index contributed by atoms with van der Waals surface area (Å²) in [7, 11) is 1.85.